The molecule has 0 bridgehead atoms. The first-order valence-corrected chi connectivity index (χ1v) is 6.24. The zero-order chi connectivity index (χ0) is 9.90. The van der Waals surface area contributed by atoms with E-state index in [-0.39, 0.29) is 23.8 Å². The minimum Gasteiger partial charge on any atom is -0.481 e. The highest BCUT2D eigenvalue weighted by molar-refractivity contribution is 7.91. The zero-order valence-electron chi connectivity index (χ0n) is 7.40. The molecule has 0 aromatic rings. The van der Waals surface area contributed by atoms with Gasteiger partial charge in [-0.05, 0) is 25.2 Å². The van der Waals surface area contributed by atoms with Crippen LogP contribution in [0.1, 0.15) is 25.7 Å². The Hall–Kier alpha value is -0.580. The van der Waals surface area contributed by atoms with Gasteiger partial charge in [0, 0.05) is 6.42 Å². The van der Waals surface area contributed by atoms with Gasteiger partial charge in [0.25, 0.3) is 0 Å². The number of sulfone groups is 1. The monoisotopic (exact) mass is 206 g/mol. The highest BCUT2D eigenvalue weighted by Gasteiger charge is 2.27. The van der Waals surface area contributed by atoms with E-state index >= 15 is 0 Å². The van der Waals surface area contributed by atoms with Gasteiger partial charge < -0.3 is 5.11 Å². The van der Waals surface area contributed by atoms with Crippen LogP contribution in [0.25, 0.3) is 0 Å². The third-order valence-electron chi connectivity index (χ3n) is 2.33. The Labute approximate surface area is 77.9 Å². The largest absolute Gasteiger partial charge is 0.481 e. The number of hydrogen-bond acceptors (Lipinski definition) is 3. The molecule has 0 amide bonds. The van der Waals surface area contributed by atoms with Crippen molar-refractivity contribution in [1.29, 1.82) is 0 Å². The van der Waals surface area contributed by atoms with Gasteiger partial charge in [-0.2, -0.15) is 0 Å². The molecule has 0 aromatic heterocycles. The Balaban J connectivity index is 2.22. The molecule has 1 unspecified atom stereocenters. The van der Waals surface area contributed by atoms with Gasteiger partial charge in [-0.3, -0.25) is 4.79 Å². The lowest BCUT2D eigenvalue weighted by Crippen LogP contribution is -2.05. The van der Waals surface area contributed by atoms with E-state index in [4.69, 9.17) is 5.11 Å². The smallest absolute Gasteiger partial charge is 0.303 e. The van der Waals surface area contributed by atoms with Gasteiger partial charge in [0.2, 0.25) is 0 Å². The van der Waals surface area contributed by atoms with Crippen molar-refractivity contribution in [2.45, 2.75) is 25.7 Å². The van der Waals surface area contributed by atoms with Gasteiger partial charge in [-0.15, -0.1) is 0 Å². The number of rotatable bonds is 4. The second-order valence-electron chi connectivity index (χ2n) is 3.56. The maximum Gasteiger partial charge on any atom is 0.303 e. The summed E-state index contributed by atoms with van der Waals surface area (Å²) in [6.45, 7) is 0. The Morgan fingerprint density at radius 3 is 2.62 bits per heavy atom. The lowest BCUT2D eigenvalue weighted by atomic mass is 10.0. The topological polar surface area (TPSA) is 71.4 Å². The predicted molar refractivity (Wildman–Crippen MR) is 48.2 cm³/mol. The van der Waals surface area contributed by atoms with Crippen LogP contribution in [0.15, 0.2) is 0 Å². The van der Waals surface area contributed by atoms with Crippen molar-refractivity contribution in [3.05, 3.63) is 0 Å². The van der Waals surface area contributed by atoms with Crippen molar-refractivity contribution in [3.63, 3.8) is 0 Å². The molecule has 1 rings (SSSR count). The van der Waals surface area contributed by atoms with Gasteiger partial charge in [-0.1, -0.05) is 0 Å². The number of carboxylic acid groups (broad SMARTS) is 1. The molecule has 1 N–H and O–H groups in total. The molecule has 0 aromatic carbocycles. The van der Waals surface area contributed by atoms with E-state index in [1.165, 1.54) is 0 Å². The van der Waals surface area contributed by atoms with Crippen molar-refractivity contribution in [1.82, 2.24) is 0 Å². The minimum atomic E-state index is -2.79. The summed E-state index contributed by atoms with van der Waals surface area (Å²) in [6, 6.07) is 0. The SMILES string of the molecule is O=C(O)CCCC1CCS(=O)(=O)C1. The molecule has 5 heteroatoms. The summed E-state index contributed by atoms with van der Waals surface area (Å²) in [4.78, 5) is 10.2. The van der Waals surface area contributed by atoms with Gasteiger partial charge in [-0.25, -0.2) is 8.42 Å². The molecule has 1 aliphatic rings. The minimum absolute atomic E-state index is 0.149. The Morgan fingerprint density at radius 1 is 1.46 bits per heavy atom. The molecule has 1 heterocycles. The zero-order valence-corrected chi connectivity index (χ0v) is 8.22. The number of carbonyl (C=O) groups is 1. The third-order valence-corrected chi connectivity index (χ3v) is 4.17. The fourth-order valence-corrected chi connectivity index (χ4v) is 3.55. The summed E-state index contributed by atoms with van der Waals surface area (Å²) < 4.78 is 22.0. The molecular weight excluding hydrogens is 192 g/mol. The molecule has 1 atom stereocenters. The summed E-state index contributed by atoms with van der Waals surface area (Å²) in [7, 11) is -2.79. The van der Waals surface area contributed by atoms with E-state index in [1.807, 2.05) is 0 Å². The predicted octanol–water partition coefficient (Wildman–Crippen LogP) is 0.676. The van der Waals surface area contributed by atoms with E-state index in [2.05, 4.69) is 0 Å². The molecule has 0 radical (unpaired) electrons. The molecule has 1 aliphatic heterocycles. The molecule has 76 valence electrons. The first kappa shape index (κ1) is 10.5. The van der Waals surface area contributed by atoms with Crippen molar-refractivity contribution in [2.24, 2.45) is 5.92 Å². The maximum atomic E-state index is 11.0. The average molecular weight is 206 g/mol. The fourth-order valence-electron chi connectivity index (χ4n) is 1.64. The summed E-state index contributed by atoms with van der Waals surface area (Å²) in [5.41, 5.74) is 0. The van der Waals surface area contributed by atoms with Crippen LogP contribution in [0.2, 0.25) is 0 Å². The summed E-state index contributed by atoms with van der Waals surface area (Å²) in [5, 5.41) is 8.37. The molecular formula is C8H14O4S. The van der Waals surface area contributed by atoms with Crippen molar-refractivity contribution < 1.29 is 18.3 Å². The summed E-state index contributed by atoms with van der Waals surface area (Å²) in [5.74, 6) is -0.0672. The van der Waals surface area contributed by atoms with Gasteiger partial charge in [0.05, 0.1) is 11.5 Å². The van der Waals surface area contributed by atoms with Gasteiger partial charge in [0.15, 0.2) is 9.84 Å². The lowest BCUT2D eigenvalue weighted by molar-refractivity contribution is -0.137. The van der Waals surface area contributed by atoms with Crippen LogP contribution in [0, 0.1) is 5.92 Å². The first-order chi connectivity index (χ1) is 5.99. The molecule has 4 nitrogen and oxygen atoms in total. The standard InChI is InChI=1S/C8H14O4S/c9-8(10)3-1-2-7-4-5-13(11,12)6-7/h7H,1-6H2,(H,9,10). The van der Waals surface area contributed by atoms with Crippen LogP contribution < -0.4 is 0 Å². The van der Waals surface area contributed by atoms with Crippen LogP contribution in [-0.2, 0) is 14.6 Å². The maximum absolute atomic E-state index is 11.0. The average Bonchev–Trinajstić information content (AvgIpc) is 2.29. The second-order valence-corrected chi connectivity index (χ2v) is 5.78. The van der Waals surface area contributed by atoms with Crippen LogP contribution in [0.3, 0.4) is 0 Å². The summed E-state index contributed by atoms with van der Waals surface area (Å²) in [6.07, 6.45) is 2.18. The quantitative estimate of drug-likeness (QED) is 0.734. The molecule has 0 saturated carbocycles. The molecule has 1 saturated heterocycles. The van der Waals surface area contributed by atoms with Crippen molar-refractivity contribution in [2.75, 3.05) is 11.5 Å². The van der Waals surface area contributed by atoms with Crippen LogP contribution in [-0.4, -0.2) is 31.0 Å². The second kappa shape index (κ2) is 4.09. The van der Waals surface area contributed by atoms with Crippen molar-refractivity contribution >= 4 is 15.8 Å². The highest BCUT2D eigenvalue weighted by atomic mass is 32.2. The van der Waals surface area contributed by atoms with Crippen LogP contribution in [0.5, 0.6) is 0 Å². The Morgan fingerprint density at radius 2 is 2.15 bits per heavy atom. The van der Waals surface area contributed by atoms with E-state index in [0.717, 1.165) is 6.42 Å². The van der Waals surface area contributed by atoms with E-state index < -0.39 is 15.8 Å². The Kier molecular flexibility index (Phi) is 3.30. The number of hydrogen-bond donors (Lipinski definition) is 1. The Bertz CT molecular complexity index is 281. The summed E-state index contributed by atoms with van der Waals surface area (Å²) >= 11 is 0. The highest BCUT2D eigenvalue weighted by Crippen LogP contribution is 2.23. The normalized spacial score (nSPS) is 26.0. The molecule has 0 spiro atoms. The molecule has 1 fully saturated rings. The molecule has 0 aliphatic carbocycles. The number of aliphatic carboxylic acids is 1. The van der Waals surface area contributed by atoms with E-state index in [1.54, 1.807) is 0 Å². The van der Waals surface area contributed by atoms with Crippen LogP contribution >= 0.6 is 0 Å². The van der Waals surface area contributed by atoms with Crippen LogP contribution in [0.4, 0.5) is 0 Å². The third kappa shape index (κ3) is 3.76. The van der Waals surface area contributed by atoms with E-state index in [9.17, 15) is 13.2 Å². The lowest BCUT2D eigenvalue weighted by Gasteiger charge is -2.04. The van der Waals surface area contributed by atoms with Gasteiger partial charge in [0.1, 0.15) is 0 Å². The molecule has 13 heavy (non-hydrogen) atoms. The fraction of sp³-hybridized carbons (Fsp3) is 0.875. The first-order valence-electron chi connectivity index (χ1n) is 4.42. The van der Waals surface area contributed by atoms with E-state index in [0.29, 0.717) is 12.8 Å². The number of carboxylic acids is 1. The van der Waals surface area contributed by atoms with Crippen molar-refractivity contribution in [3.8, 4) is 0 Å². The van der Waals surface area contributed by atoms with Gasteiger partial charge >= 0.3 is 5.97 Å².